The fraction of sp³-hybridized carbons (Fsp3) is 0.278. The largest absolute Gasteiger partial charge is 0.507 e. The minimum Gasteiger partial charge on any atom is -0.507 e. The second-order valence-corrected chi connectivity index (χ2v) is 6.72. The summed E-state index contributed by atoms with van der Waals surface area (Å²) in [5.74, 6) is 0.787. The van der Waals surface area contributed by atoms with Crippen molar-refractivity contribution in [3.8, 4) is 11.5 Å². The molecule has 22 heavy (non-hydrogen) atoms. The second-order valence-electron chi connectivity index (χ2n) is 5.48. The van der Waals surface area contributed by atoms with Crippen LogP contribution in [0.3, 0.4) is 0 Å². The Bertz CT molecular complexity index is 710. The van der Waals surface area contributed by atoms with E-state index >= 15 is 0 Å². The summed E-state index contributed by atoms with van der Waals surface area (Å²) in [6, 6.07) is 9.28. The number of rotatable bonds is 4. The van der Waals surface area contributed by atoms with Crippen LogP contribution in [-0.2, 0) is 0 Å². The standard InChI is InChI=1S/C18H20INO2/c1-4-11(2)13-5-6-17(21)16(9-13)20-10-14-8-15(19)7-12(3)18(14)22/h5-11,21-22H,4H2,1-3H3/t11-/m0/s1. The van der Waals surface area contributed by atoms with Crippen molar-refractivity contribution in [2.24, 2.45) is 4.99 Å². The monoisotopic (exact) mass is 409 g/mol. The van der Waals surface area contributed by atoms with Crippen molar-refractivity contribution in [1.29, 1.82) is 0 Å². The molecule has 0 aliphatic rings. The summed E-state index contributed by atoms with van der Waals surface area (Å²) in [6.07, 6.45) is 2.63. The van der Waals surface area contributed by atoms with Gasteiger partial charge in [0.2, 0.25) is 0 Å². The Hall–Kier alpha value is -1.56. The van der Waals surface area contributed by atoms with Crippen molar-refractivity contribution in [3.05, 3.63) is 50.6 Å². The third kappa shape index (κ3) is 3.80. The van der Waals surface area contributed by atoms with Gasteiger partial charge in [0.05, 0.1) is 0 Å². The molecular formula is C18H20INO2. The molecule has 2 N–H and O–H groups in total. The smallest absolute Gasteiger partial charge is 0.141 e. The lowest BCUT2D eigenvalue weighted by Crippen LogP contribution is -1.91. The van der Waals surface area contributed by atoms with Crippen molar-refractivity contribution in [3.63, 3.8) is 0 Å². The van der Waals surface area contributed by atoms with Crippen LogP contribution < -0.4 is 0 Å². The van der Waals surface area contributed by atoms with Crippen LogP contribution in [0.2, 0.25) is 0 Å². The lowest BCUT2D eigenvalue weighted by atomic mass is 9.98. The summed E-state index contributed by atoms with van der Waals surface area (Å²) in [5, 5.41) is 20.1. The van der Waals surface area contributed by atoms with Gasteiger partial charge >= 0.3 is 0 Å². The quantitative estimate of drug-likeness (QED) is 0.534. The van der Waals surface area contributed by atoms with E-state index in [1.165, 1.54) is 0 Å². The first-order valence-electron chi connectivity index (χ1n) is 7.28. The Morgan fingerprint density at radius 1 is 1.23 bits per heavy atom. The van der Waals surface area contributed by atoms with Crippen molar-refractivity contribution >= 4 is 34.5 Å². The molecule has 4 heteroatoms. The van der Waals surface area contributed by atoms with Crippen molar-refractivity contribution in [2.45, 2.75) is 33.1 Å². The zero-order chi connectivity index (χ0) is 16.3. The molecule has 0 heterocycles. The second kappa shape index (κ2) is 7.13. The van der Waals surface area contributed by atoms with Crippen LogP contribution in [-0.4, -0.2) is 16.4 Å². The number of aliphatic imine (C=N–C) groups is 1. The van der Waals surface area contributed by atoms with Gasteiger partial charge in [-0.15, -0.1) is 0 Å². The summed E-state index contributed by atoms with van der Waals surface area (Å²) < 4.78 is 1.03. The molecule has 0 amide bonds. The maximum atomic E-state index is 10.1. The summed E-state index contributed by atoms with van der Waals surface area (Å²) >= 11 is 2.21. The van der Waals surface area contributed by atoms with Crippen LogP contribution >= 0.6 is 22.6 Å². The topological polar surface area (TPSA) is 52.8 Å². The molecule has 0 spiro atoms. The molecule has 0 unspecified atom stereocenters. The molecule has 1 atom stereocenters. The third-order valence-electron chi connectivity index (χ3n) is 3.82. The Labute approximate surface area is 144 Å². The van der Waals surface area contributed by atoms with E-state index in [0.29, 0.717) is 17.2 Å². The molecule has 3 nitrogen and oxygen atoms in total. The lowest BCUT2D eigenvalue weighted by Gasteiger charge is -2.10. The van der Waals surface area contributed by atoms with Crippen LogP contribution in [0.5, 0.6) is 11.5 Å². The molecule has 0 saturated heterocycles. The van der Waals surface area contributed by atoms with E-state index in [9.17, 15) is 10.2 Å². The first kappa shape index (κ1) is 16.8. The van der Waals surface area contributed by atoms with Gasteiger partial charge in [-0.25, -0.2) is 0 Å². The molecule has 0 radical (unpaired) electrons. The molecule has 0 aliphatic carbocycles. The van der Waals surface area contributed by atoms with Crippen LogP contribution in [0, 0.1) is 10.5 Å². The van der Waals surface area contributed by atoms with Crippen LogP contribution in [0.1, 0.15) is 42.9 Å². The van der Waals surface area contributed by atoms with Gasteiger partial charge < -0.3 is 10.2 Å². The van der Waals surface area contributed by atoms with Gasteiger partial charge in [-0.3, -0.25) is 4.99 Å². The SMILES string of the molecule is CC[C@H](C)c1ccc(O)c(N=Cc2cc(I)cc(C)c2O)c1. The molecule has 0 bridgehead atoms. The van der Waals surface area contributed by atoms with Crippen LogP contribution in [0.15, 0.2) is 35.3 Å². The predicted octanol–water partition coefficient (Wildman–Crippen LogP) is 5.27. The number of benzene rings is 2. The fourth-order valence-electron chi connectivity index (χ4n) is 2.19. The molecule has 2 rings (SSSR count). The average molecular weight is 409 g/mol. The number of nitrogens with zero attached hydrogens (tertiary/aromatic N) is 1. The van der Waals surface area contributed by atoms with Gasteiger partial charge in [-0.05, 0) is 77.2 Å². The Morgan fingerprint density at radius 3 is 2.64 bits per heavy atom. The number of phenols is 2. The predicted molar refractivity (Wildman–Crippen MR) is 99.6 cm³/mol. The Kier molecular flexibility index (Phi) is 5.45. The number of hydrogen-bond donors (Lipinski definition) is 2. The van der Waals surface area contributed by atoms with E-state index in [-0.39, 0.29) is 11.5 Å². The highest BCUT2D eigenvalue weighted by atomic mass is 127. The van der Waals surface area contributed by atoms with E-state index in [1.54, 1.807) is 12.3 Å². The molecule has 0 fully saturated rings. The van der Waals surface area contributed by atoms with Gasteiger partial charge in [-0.2, -0.15) is 0 Å². The highest BCUT2D eigenvalue weighted by Gasteiger charge is 2.08. The summed E-state index contributed by atoms with van der Waals surface area (Å²) in [7, 11) is 0. The molecule has 0 aliphatic heterocycles. The van der Waals surface area contributed by atoms with Gasteiger partial charge in [0.25, 0.3) is 0 Å². The van der Waals surface area contributed by atoms with E-state index in [4.69, 9.17) is 0 Å². The molecule has 116 valence electrons. The van der Waals surface area contributed by atoms with E-state index in [1.807, 2.05) is 31.2 Å². The number of halogens is 1. The average Bonchev–Trinajstić information content (AvgIpc) is 2.50. The Morgan fingerprint density at radius 2 is 1.95 bits per heavy atom. The molecule has 2 aromatic rings. The van der Waals surface area contributed by atoms with E-state index < -0.39 is 0 Å². The highest BCUT2D eigenvalue weighted by molar-refractivity contribution is 14.1. The minimum absolute atomic E-state index is 0.144. The highest BCUT2D eigenvalue weighted by Crippen LogP contribution is 2.32. The molecule has 0 aromatic heterocycles. The zero-order valence-electron chi connectivity index (χ0n) is 13.0. The zero-order valence-corrected chi connectivity index (χ0v) is 15.1. The summed E-state index contributed by atoms with van der Waals surface area (Å²) in [5.41, 5.74) is 3.13. The van der Waals surface area contributed by atoms with E-state index in [0.717, 1.165) is 21.1 Å². The summed E-state index contributed by atoms with van der Waals surface area (Å²) in [4.78, 5) is 4.36. The maximum absolute atomic E-state index is 10.1. The van der Waals surface area contributed by atoms with Crippen molar-refractivity contribution < 1.29 is 10.2 Å². The number of aromatic hydroxyl groups is 2. The lowest BCUT2D eigenvalue weighted by molar-refractivity contribution is 0.470. The van der Waals surface area contributed by atoms with Crippen molar-refractivity contribution in [1.82, 2.24) is 0 Å². The fourth-order valence-corrected chi connectivity index (χ4v) is 2.99. The van der Waals surface area contributed by atoms with Crippen LogP contribution in [0.4, 0.5) is 5.69 Å². The molecular weight excluding hydrogens is 389 g/mol. The normalized spacial score (nSPS) is 12.7. The van der Waals surface area contributed by atoms with Gasteiger partial charge in [0.15, 0.2) is 0 Å². The minimum atomic E-state index is 0.144. The summed E-state index contributed by atoms with van der Waals surface area (Å²) in [6.45, 7) is 6.14. The van der Waals surface area contributed by atoms with E-state index in [2.05, 4.69) is 41.4 Å². The van der Waals surface area contributed by atoms with Gasteiger partial charge in [0, 0.05) is 15.3 Å². The molecule has 0 saturated carbocycles. The first-order chi connectivity index (χ1) is 10.4. The number of aryl methyl sites for hydroxylation is 1. The van der Waals surface area contributed by atoms with Crippen molar-refractivity contribution in [2.75, 3.05) is 0 Å². The Balaban J connectivity index is 2.38. The number of hydrogen-bond acceptors (Lipinski definition) is 3. The first-order valence-corrected chi connectivity index (χ1v) is 8.36. The number of phenolic OH excluding ortho intramolecular Hbond substituents is 2. The van der Waals surface area contributed by atoms with Gasteiger partial charge in [-0.1, -0.05) is 19.9 Å². The maximum Gasteiger partial charge on any atom is 0.141 e. The molecule has 2 aromatic carbocycles. The van der Waals surface area contributed by atoms with Gasteiger partial charge in [0.1, 0.15) is 17.2 Å². The third-order valence-corrected chi connectivity index (χ3v) is 4.44. The van der Waals surface area contributed by atoms with Crippen LogP contribution in [0.25, 0.3) is 0 Å².